The minimum atomic E-state index is -0.886. The first-order valence-corrected chi connectivity index (χ1v) is 14.2. The molecule has 2 aromatic carbocycles. The molecule has 0 aliphatic carbocycles. The van der Waals surface area contributed by atoms with Gasteiger partial charge in [0.05, 0.1) is 14.2 Å². The van der Waals surface area contributed by atoms with E-state index >= 15 is 0 Å². The molecule has 1 atom stereocenters. The first kappa shape index (κ1) is 34.2. The zero-order valence-electron chi connectivity index (χ0n) is 26.0. The van der Waals surface area contributed by atoms with E-state index < -0.39 is 18.0 Å². The third-order valence-corrected chi connectivity index (χ3v) is 6.73. The molecular weight excluding hydrogens is 548 g/mol. The monoisotopic (exact) mass is 588 g/mol. The van der Waals surface area contributed by atoms with Crippen LogP contribution in [0.2, 0.25) is 0 Å². The molecule has 0 saturated carbocycles. The summed E-state index contributed by atoms with van der Waals surface area (Å²) in [4.78, 5) is 29.7. The number of hydrogen-bond donors (Lipinski definition) is 0. The molecule has 1 unspecified atom stereocenters. The zero-order valence-corrected chi connectivity index (χ0v) is 26.0. The van der Waals surface area contributed by atoms with Crippen LogP contribution < -0.4 is 19.3 Å². The van der Waals surface area contributed by atoms with E-state index in [0.717, 1.165) is 37.6 Å². The molecule has 10 heteroatoms. The molecule has 0 aliphatic rings. The molecule has 43 heavy (non-hydrogen) atoms. The second kappa shape index (κ2) is 17.1. The Hall–Kier alpha value is -4.96. The molecule has 0 spiro atoms. The van der Waals surface area contributed by atoms with E-state index in [-0.39, 0.29) is 17.8 Å². The van der Waals surface area contributed by atoms with E-state index in [1.54, 1.807) is 12.1 Å². The molecule has 0 saturated heterocycles. The number of anilines is 2. The van der Waals surface area contributed by atoms with Crippen molar-refractivity contribution in [3.8, 4) is 23.6 Å². The fraction of sp³-hybridized carbons (Fsp3) is 0.394. The second-order valence-electron chi connectivity index (χ2n) is 9.35. The Labute approximate surface area is 254 Å². The molecule has 10 nitrogen and oxygen atoms in total. The fourth-order valence-corrected chi connectivity index (χ4v) is 4.34. The minimum absolute atomic E-state index is 0.245. The van der Waals surface area contributed by atoms with E-state index in [9.17, 15) is 20.1 Å². The summed E-state index contributed by atoms with van der Waals surface area (Å²) in [5.74, 6) is -0.756. The average molecular weight is 589 g/mol. The molecule has 0 bridgehead atoms. The Bertz CT molecular complexity index is 1410. The van der Waals surface area contributed by atoms with Crippen molar-refractivity contribution in [2.24, 2.45) is 0 Å². The zero-order chi connectivity index (χ0) is 31.9. The van der Waals surface area contributed by atoms with Crippen LogP contribution in [0.25, 0.3) is 12.2 Å². The highest BCUT2D eigenvalue weighted by Gasteiger charge is 2.20. The SMILES string of the molecule is CCN(CC)c1ccc(C=C(C#N)C(=O)OCC(C)OC(=O)C(C#N)=Cc2ccc(N(CC)CC)cc2OC)c(OC)c1. The average Bonchev–Trinajstić information content (AvgIpc) is 3.02. The van der Waals surface area contributed by atoms with Gasteiger partial charge in [-0.15, -0.1) is 0 Å². The van der Waals surface area contributed by atoms with Gasteiger partial charge in [-0.1, -0.05) is 0 Å². The maximum Gasteiger partial charge on any atom is 0.349 e. The van der Waals surface area contributed by atoms with Gasteiger partial charge in [-0.3, -0.25) is 0 Å². The molecule has 2 rings (SSSR count). The third kappa shape index (κ3) is 9.27. The van der Waals surface area contributed by atoms with Gasteiger partial charge in [0.2, 0.25) is 0 Å². The van der Waals surface area contributed by atoms with Crippen LogP contribution in [0.1, 0.15) is 45.7 Å². The van der Waals surface area contributed by atoms with E-state index in [4.69, 9.17) is 18.9 Å². The highest BCUT2D eigenvalue weighted by atomic mass is 16.6. The van der Waals surface area contributed by atoms with Crippen LogP contribution in [0.4, 0.5) is 11.4 Å². The standard InChI is InChI=1S/C33H40N4O6/c1-8-36(9-2)28-14-12-24(30(18-28)40-6)16-26(20-34)32(38)42-22-23(5)43-33(39)27(21-35)17-25-13-15-29(19-31(25)41-7)37(10-3)11-4/h12-19,23H,8-11,22H2,1-7H3. The van der Waals surface area contributed by atoms with E-state index in [0.29, 0.717) is 22.6 Å². The maximum absolute atomic E-state index is 12.7. The number of carbonyl (C=O) groups excluding carboxylic acids is 2. The molecule has 0 amide bonds. The molecule has 2 aromatic rings. The lowest BCUT2D eigenvalue weighted by Crippen LogP contribution is -2.23. The topological polar surface area (TPSA) is 125 Å². The molecule has 0 aromatic heterocycles. The van der Waals surface area contributed by atoms with Crippen molar-refractivity contribution in [2.75, 3.05) is 56.8 Å². The normalized spacial score (nSPS) is 11.9. The number of hydrogen-bond acceptors (Lipinski definition) is 10. The molecule has 0 aliphatic heterocycles. The molecule has 0 fully saturated rings. The number of rotatable bonds is 15. The molecule has 0 radical (unpaired) electrons. The summed E-state index contributed by atoms with van der Waals surface area (Å²) in [5, 5.41) is 19.2. The summed E-state index contributed by atoms with van der Waals surface area (Å²) in [6.07, 6.45) is 1.89. The van der Waals surface area contributed by atoms with Crippen molar-refractivity contribution in [3.63, 3.8) is 0 Å². The van der Waals surface area contributed by atoms with Crippen LogP contribution >= 0.6 is 0 Å². The van der Waals surface area contributed by atoms with Gasteiger partial charge in [-0.05, 0) is 71.0 Å². The van der Waals surface area contributed by atoms with Gasteiger partial charge in [0.15, 0.2) is 0 Å². The predicted octanol–water partition coefficient (Wildman–Crippen LogP) is 5.39. The highest BCUT2D eigenvalue weighted by molar-refractivity contribution is 5.99. The molecular formula is C33H40N4O6. The van der Waals surface area contributed by atoms with Gasteiger partial charge in [0.25, 0.3) is 0 Å². The lowest BCUT2D eigenvalue weighted by Gasteiger charge is -2.22. The van der Waals surface area contributed by atoms with Crippen molar-refractivity contribution in [3.05, 3.63) is 58.7 Å². The Kier molecular flexibility index (Phi) is 13.6. The quantitative estimate of drug-likeness (QED) is 0.152. The lowest BCUT2D eigenvalue weighted by atomic mass is 10.1. The highest BCUT2D eigenvalue weighted by Crippen LogP contribution is 2.29. The van der Waals surface area contributed by atoms with Crippen LogP contribution in [-0.4, -0.2) is 65.0 Å². The first-order valence-electron chi connectivity index (χ1n) is 14.2. The van der Waals surface area contributed by atoms with Gasteiger partial charge < -0.3 is 28.7 Å². The van der Waals surface area contributed by atoms with Gasteiger partial charge in [-0.2, -0.15) is 10.5 Å². The smallest absolute Gasteiger partial charge is 0.349 e. The molecule has 228 valence electrons. The number of carbonyl (C=O) groups is 2. The largest absolute Gasteiger partial charge is 0.496 e. The van der Waals surface area contributed by atoms with Gasteiger partial charge >= 0.3 is 11.9 Å². The van der Waals surface area contributed by atoms with Gasteiger partial charge in [-0.25, -0.2) is 9.59 Å². The Balaban J connectivity index is 2.12. The van der Waals surface area contributed by atoms with Crippen molar-refractivity contribution >= 4 is 35.5 Å². The Morgan fingerprint density at radius 3 is 1.56 bits per heavy atom. The fourth-order valence-electron chi connectivity index (χ4n) is 4.34. The number of esters is 2. The molecule has 0 heterocycles. The Morgan fingerprint density at radius 2 is 1.19 bits per heavy atom. The number of methoxy groups -OCH3 is 2. The Morgan fingerprint density at radius 1 is 0.767 bits per heavy atom. The minimum Gasteiger partial charge on any atom is -0.496 e. The summed E-state index contributed by atoms with van der Waals surface area (Å²) in [7, 11) is 3.03. The summed E-state index contributed by atoms with van der Waals surface area (Å²) in [6, 6.07) is 14.7. The second-order valence-corrected chi connectivity index (χ2v) is 9.35. The first-order chi connectivity index (χ1) is 20.7. The summed E-state index contributed by atoms with van der Waals surface area (Å²) < 4.78 is 21.5. The van der Waals surface area contributed by atoms with E-state index in [1.807, 2.05) is 64.1 Å². The van der Waals surface area contributed by atoms with Crippen LogP contribution in [0.5, 0.6) is 11.5 Å². The van der Waals surface area contributed by atoms with Gasteiger partial charge in [0.1, 0.15) is 47.5 Å². The van der Waals surface area contributed by atoms with Crippen LogP contribution in [0.15, 0.2) is 47.5 Å². The predicted molar refractivity (Wildman–Crippen MR) is 167 cm³/mol. The van der Waals surface area contributed by atoms with Crippen LogP contribution in [-0.2, 0) is 19.1 Å². The number of nitriles is 2. The number of nitrogens with zero attached hydrogens (tertiary/aromatic N) is 4. The van der Waals surface area contributed by atoms with Crippen molar-refractivity contribution in [1.82, 2.24) is 0 Å². The van der Waals surface area contributed by atoms with Crippen molar-refractivity contribution in [2.45, 2.75) is 40.7 Å². The number of ether oxygens (including phenoxy) is 4. The molecule has 0 N–H and O–H groups in total. The van der Waals surface area contributed by atoms with E-state index in [2.05, 4.69) is 9.80 Å². The van der Waals surface area contributed by atoms with Crippen LogP contribution in [0.3, 0.4) is 0 Å². The lowest BCUT2D eigenvalue weighted by molar-refractivity contribution is -0.152. The summed E-state index contributed by atoms with van der Waals surface area (Å²) in [6.45, 7) is 12.7. The maximum atomic E-state index is 12.7. The van der Waals surface area contributed by atoms with Crippen LogP contribution in [0, 0.1) is 22.7 Å². The summed E-state index contributed by atoms with van der Waals surface area (Å²) in [5.41, 5.74) is 2.49. The number of benzene rings is 2. The van der Waals surface area contributed by atoms with E-state index in [1.165, 1.54) is 33.3 Å². The van der Waals surface area contributed by atoms with Crippen molar-refractivity contribution < 1.29 is 28.5 Å². The summed E-state index contributed by atoms with van der Waals surface area (Å²) >= 11 is 0. The van der Waals surface area contributed by atoms with Gasteiger partial charge in [0, 0.05) is 60.8 Å². The van der Waals surface area contributed by atoms with Crippen molar-refractivity contribution in [1.29, 1.82) is 10.5 Å². The third-order valence-electron chi connectivity index (χ3n) is 6.73.